The van der Waals surface area contributed by atoms with Crippen LogP contribution in [0.4, 0.5) is 18.0 Å². The molecule has 1 saturated heterocycles. The van der Waals surface area contributed by atoms with Crippen LogP contribution < -0.4 is 4.74 Å². The van der Waals surface area contributed by atoms with Gasteiger partial charge >= 0.3 is 12.2 Å². The fourth-order valence-corrected chi connectivity index (χ4v) is 5.85. The number of carbonyl (C=O) groups excluding carboxylic acids is 2. The average Bonchev–Trinajstić information content (AvgIpc) is 3.41. The molecule has 1 fully saturated rings. The topological polar surface area (TPSA) is 68.7 Å². The third-order valence-electron chi connectivity index (χ3n) is 8.05. The van der Waals surface area contributed by atoms with Crippen LogP contribution >= 0.6 is 23.2 Å². The van der Waals surface area contributed by atoms with Crippen molar-refractivity contribution in [1.29, 1.82) is 0 Å². The van der Waals surface area contributed by atoms with Gasteiger partial charge in [-0.1, -0.05) is 47.5 Å². The Morgan fingerprint density at radius 3 is 2.04 bits per heavy atom. The minimum absolute atomic E-state index is 0.0342. The molecule has 2 aliphatic heterocycles. The maximum Gasteiger partial charge on any atom is 0.416 e. The van der Waals surface area contributed by atoms with Crippen molar-refractivity contribution in [3.63, 3.8) is 0 Å². The third-order valence-corrected chi connectivity index (χ3v) is 8.55. The summed E-state index contributed by atoms with van der Waals surface area (Å²) in [4.78, 5) is 38.7. The van der Waals surface area contributed by atoms with Gasteiger partial charge in [0.25, 0.3) is 0 Å². The average molecular weight is 677 g/mol. The van der Waals surface area contributed by atoms with Crippen molar-refractivity contribution in [1.82, 2.24) is 19.6 Å². The zero-order chi connectivity index (χ0) is 33.2. The summed E-state index contributed by atoms with van der Waals surface area (Å²) in [7, 11) is 3.39. The van der Waals surface area contributed by atoms with Crippen LogP contribution in [0.1, 0.15) is 41.3 Å². The SMILES string of the molecule is CCOc1cc(C(F)(F)F)ccc1C1=NC(c2ccc(Cl)cc2)C(c2ccc(Cl)cc2)N1C(=O)N1CCN(CC(=O)N(C)C)CC1. The summed E-state index contributed by atoms with van der Waals surface area (Å²) >= 11 is 12.4. The van der Waals surface area contributed by atoms with Crippen molar-refractivity contribution in [3.8, 4) is 5.75 Å². The highest BCUT2D eigenvalue weighted by molar-refractivity contribution is 6.30. The molecular weight excluding hydrogens is 642 g/mol. The minimum Gasteiger partial charge on any atom is -0.493 e. The molecule has 2 unspecified atom stereocenters. The van der Waals surface area contributed by atoms with Gasteiger partial charge < -0.3 is 14.5 Å². The molecule has 2 atom stereocenters. The molecule has 5 rings (SSSR count). The Morgan fingerprint density at radius 1 is 0.913 bits per heavy atom. The van der Waals surface area contributed by atoms with Crippen LogP contribution in [0.2, 0.25) is 10.0 Å². The largest absolute Gasteiger partial charge is 0.493 e. The normalized spacial score (nSPS) is 18.8. The van der Waals surface area contributed by atoms with Gasteiger partial charge in [-0.15, -0.1) is 0 Å². The number of amidine groups is 1. The highest BCUT2D eigenvalue weighted by atomic mass is 35.5. The first kappa shape index (κ1) is 33.6. The zero-order valence-corrected chi connectivity index (χ0v) is 27.1. The molecule has 3 amide bonds. The smallest absolute Gasteiger partial charge is 0.416 e. The number of nitrogens with zero attached hydrogens (tertiary/aromatic N) is 5. The van der Waals surface area contributed by atoms with Crippen molar-refractivity contribution in [2.24, 2.45) is 4.99 Å². The second-order valence-corrected chi connectivity index (χ2v) is 12.2. The predicted molar refractivity (Wildman–Crippen MR) is 171 cm³/mol. The van der Waals surface area contributed by atoms with E-state index in [1.54, 1.807) is 55.1 Å². The lowest BCUT2D eigenvalue weighted by Gasteiger charge is -2.39. The number of likely N-dealkylation sites (N-methyl/N-ethyl adjacent to an activating group) is 1. The van der Waals surface area contributed by atoms with E-state index >= 15 is 0 Å². The van der Waals surface area contributed by atoms with Crippen LogP contribution in [0.15, 0.2) is 71.7 Å². The van der Waals surface area contributed by atoms with E-state index in [-0.39, 0.29) is 42.2 Å². The zero-order valence-electron chi connectivity index (χ0n) is 25.6. The van der Waals surface area contributed by atoms with Crippen LogP contribution in [0.5, 0.6) is 5.75 Å². The summed E-state index contributed by atoms with van der Waals surface area (Å²) in [5.74, 6) is 0.118. The van der Waals surface area contributed by atoms with Gasteiger partial charge in [0.1, 0.15) is 17.6 Å². The van der Waals surface area contributed by atoms with Gasteiger partial charge in [-0.25, -0.2) is 4.79 Å². The Hall–Kier alpha value is -3.80. The fraction of sp³-hybridized carbons (Fsp3) is 0.364. The predicted octanol–water partition coefficient (Wildman–Crippen LogP) is 6.78. The Labute approximate surface area is 275 Å². The molecule has 0 aromatic heterocycles. The standard InChI is InChI=1S/C33H34Cl2F3N5O3/c1-4-46-27-19-23(33(36,37)38)9-14-26(27)31-39-29(21-5-10-24(34)11-6-21)30(22-7-12-25(35)13-8-22)43(31)32(45)42-17-15-41(16-18-42)20-28(44)40(2)3/h5-14,19,29-30H,4,15-18,20H2,1-3H3. The Morgan fingerprint density at radius 2 is 1.50 bits per heavy atom. The van der Waals surface area contributed by atoms with E-state index in [0.29, 0.717) is 36.2 Å². The Kier molecular flexibility index (Phi) is 10.1. The molecule has 244 valence electrons. The van der Waals surface area contributed by atoms with Crippen molar-refractivity contribution in [2.75, 3.05) is 53.4 Å². The number of aliphatic imine (C=N–C) groups is 1. The lowest BCUT2D eigenvalue weighted by molar-refractivity contribution is -0.137. The molecule has 3 aromatic rings. The number of carbonyl (C=O) groups is 2. The molecule has 0 aliphatic carbocycles. The molecule has 0 radical (unpaired) electrons. The Bertz CT molecular complexity index is 1590. The van der Waals surface area contributed by atoms with Crippen molar-refractivity contribution in [2.45, 2.75) is 25.2 Å². The number of urea groups is 1. The van der Waals surface area contributed by atoms with Gasteiger partial charge in [0.05, 0.1) is 30.3 Å². The van der Waals surface area contributed by atoms with Crippen LogP contribution in [-0.4, -0.2) is 90.8 Å². The number of amides is 3. The fourth-order valence-electron chi connectivity index (χ4n) is 5.60. The van der Waals surface area contributed by atoms with E-state index < -0.39 is 23.8 Å². The van der Waals surface area contributed by atoms with Gasteiger partial charge in [-0.05, 0) is 60.5 Å². The lowest BCUT2D eigenvalue weighted by Crippen LogP contribution is -2.55. The number of piperazine rings is 1. The van der Waals surface area contributed by atoms with Gasteiger partial charge in [0, 0.05) is 50.3 Å². The number of halogens is 5. The van der Waals surface area contributed by atoms with E-state index in [4.69, 9.17) is 32.9 Å². The summed E-state index contributed by atoms with van der Waals surface area (Å²) in [6.45, 7) is 3.65. The third kappa shape index (κ3) is 7.27. The molecular formula is C33H34Cl2F3N5O3. The Balaban J connectivity index is 1.60. The number of rotatable bonds is 7. The molecule has 13 heteroatoms. The van der Waals surface area contributed by atoms with Crippen LogP contribution in [0.25, 0.3) is 0 Å². The summed E-state index contributed by atoms with van der Waals surface area (Å²) in [6.07, 6.45) is -4.59. The van der Waals surface area contributed by atoms with E-state index in [1.165, 1.54) is 11.0 Å². The first-order valence-corrected chi connectivity index (χ1v) is 15.6. The summed E-state index contributed by atoms with van der Waals surface area (Å²) in [6, 6.07) is 15.7. The second-order valence-electron chi connectivity index (χ2n) is 11.3. The van der Waals surface area contributed by atoms with Gasteiger partial charge in [0.2, 0.25) is 5.91 Å². The summed E-state index contributed by atoms with van der Waals surface area (Å²) < 4.78 is 47.0. The van der Waals surface area contributed by atoms with E-state index in [2.05, 4.69) is 0 Å². The van der Waals surface area contributed by atoms with Crippen molar-refractivity contribution >= 4 is 41.0 Å². The minimum atomic E-state index is -4.59. The van der Waals surface area contributed by atoms with Crippen molar-refractivity contribution in [3.05, 3.63) is 99.0 Å². The number of ether oxygens (including phenoxy) is 1. The van der Waals surface area contributed by atoms with Crippen molar-refractivity contribution < 1.29 is 27.5 Å². The van der Waals surface area contributed by atoms with E-state index in [0.717, 1.165) is 23.3 Å². The van der Waals surface area contributed by atoms with Crippen LogP contribution in [-0.2, 0) is 11.0 Å². The second kappa shape index (κ2) is 13.9. The number of benzene rings is 3. The summed E-state index contributed by atoms with van der Waals surface area (Å²) in [5.41, 5.74) is 0.877. The van der Waals surface area contributed by atoms with E-state index in [9.17, 15) is 22.8 Å². The molecule has 2 heterocycles. The molecule has 2 aliphatic rings. The van der Waals surface area contributed by atoms with Gasteiger partial charge in [0.15, 0.2) is 0 Å². The van der Waals surface area contributed by atoms with Crippen LogP contribution in [0, 0.1) is 0 Å². The molecule has 46 heavy (non-hydrogen) atoms. The number of hydrogen-bond donors (Lipinski definition) is 0. The molecule has 0 N–H and O–H groups in total. The first-order valence-electron chi connectivity index (χ1n) is 14.8. The number of alkyl halides is 3. The molecule has 3 aromatic carbocycles. The first-order chi connectivity index (χ1) is 21.9. The summed E-state index contributed by atoms with van der Waals surface area (Å²) in [5, 5.41) is 1.03. The maximum atomic E-state index is 14.6. The van der Waals surface area contributed by atoms with Crippen LogP contribution in [0.3, 0.4) is 0 Å². The highest BCUT2D eigenvalue weighted by Crippen LogP contribution is 2.46. The molecule has 0 saturated carbocycles. The van der Waals surface area contributed by atoms with E-state index in [1.807, 2.05) is 29.2 Å². The quantitative estimate of drug-likeness (QED) is 0.277. The molecule has 8 nitrogen and oxygen atoms in total. The van der Waals surface area contributed by atoms with Gasteiger partial charge in [-0.2, -0.15) is 13.2 Å². The van der Waals surface area contributed by atoms with Gasteiger partial charge in [-0.3, -0.25) is 19.6 Å². The molecule has 0 spiro atoms. The monoisotopic (exact) mass is 675 g/mol. The molecule has 0 bridgehead atoms. The highest BCUT2D eigenvalue weighted by Gasteiger charge is 2.45. The number of hydrogen-bond acceptors (Lipinski definition) is 5. The lowest BCUT2D eigenvalue weighted by atomic mass is 9.93. The maximum absolute atomic E-state index is 14.6.